The molecule has 104 valence electrons. The molecule has 0 aliphatic heterocycles. The highest BCUT2D eigenvalue weighted by Gasteiger charge is 2.12. The smallest absolute Gasteiger partial charge is 0.346 e. The Bertz CT molecular complexity index is 868. The maximum absolute atomic E-state index is 12.1. The molecule has 0 atom stereocenters. The van der Waals surface area contributed by atoms with Crippen LogP contribution < -0.4 is 10.4 Å². The van der Waals surface area contributed by atoms with Gasteiger partial charge in [-0.2, -0.15) is 0 Å². The Morgan fingerprint density at radius 3 is 2.67 bits per heavy atom. The molecule has 0 bridgehead atoms. The van der Waals surface area contributed by atoms with Crippen molar-refractivity contribution in [2.75, 3.05) is 0 Å². The number of hydrogen-bond donors (Lipinski definition) is 0. The first kappa shape index (κ1) is 13.1. The molecule has 0 radical (unpaired) electrons. The Hall–Kier alpha value is -2.95. The third-order valence-corrected chi connectivity index (χ3v) is 2.92. The number of carbonyl (C=O) groups excluding carboxylic acids is 1. The van der Waals surface area contributed by atoms with Crippen molar-refractivity contribution in [3.05, 3.63) is 70.4 Å². The van der Waals surface area contributed by atoms with Crippen molar-refractivity contribution in [1.29, 1.82) is 0 Å². The molecule has 0 saturated carbocycles. The summed E-state index contributed by atoms with van der Waals surface area (Å²) >= 11 is 0. The van der Waals surface area contributed by atoms with Crippen LogP contribution in [0.5, 0.6) is 5.75 Å². The largest absolute Gasteiger partial charge is 0.423 e. The third-order valence-electron chi connectivity index (χ3n) is 2.92. The average Bonchev–Trinajstić information content (AvgIpc) is 2.47. The molecule has 21 heavy (non-hydrogen) atoms. The lowest BCUT2D eigenvalue weighted by Crippen LogP contribution is -2.10. The molecule has 0 aliphatic rings. The van der Waals surface area contributed by atoms with E-state index in [2.05, 4.69) is 4.98 Å². The van der Waals surface area contributed by atoms with Crippen molar-refractivity contribution < 1.29 is 13.9 Å². The van der Waals surface area contributed by atoms with E-state index in [1.165, 1.54) is 6.07 Å². The topological polar surface area (TPSA) is 69.4 Å². The molecule has 0 N–H and O–H groups in total. The second-order valence-electron chi connectivity index (χ2n) is 4.45. The predicted octanol–water partition coefficient (Wildman–Crippen LogP) is 2.72. The summed E-state index contributed by atoms with van der Waals surface area (Å²) in [6, 6.07) is 13.3. The molecular formula is C16H11NO4. The lowest BCUT2D eigenvalue weighted by atomic mass is 10.1. The van der Waals surface area contributed by atoms with E-state index in [4.69, 9.17) is 9.15 Å². The Morgan fingerprint density at radius 1 is 1.14 bits per heavy atom. The normalized spacial score (nSPS) is 10.5. The van der Waals surface area contributed by atoms with Crippen molar-refractivity contribution in [3.8, 4) is 5.75 Å². The number of aromatic nitrogens is 1. The standard InChI is InChI=1S/C16H11NO4/c1-10-17-14-8-7-11(9-13(14)16(19)20-10)15(18)21-12-5-3-2-4-6-12/h2-9H,1H3. The zero-order chi connectivity index (χ0) is 14.8. The minimum absolute atomic E-state index is 0.253. The molecule has 0 aliphatic carbocycles. The van der Waals surface area contributed by atoms with Crippen LogP contribution in [0.2, 0.25) is 0 Å². The van der Waals surface area contributed by atoms with E-state index >= 15 is 0 Å². The number of hydrogen-bond acceptors (Lipinski definition) is 5. The molecule has 1 heterocycles. The molecule has 5 nitrogen and oxygen atoms in total. The van der Waals surface area contributed by atoms with Gasteiger partial charge >= 0.3 is 11.6 Å². The SMILES string of the molecule is Cc1nc2ccc(C(=O)Oc3ccccc3)cc2c(=O)o1. The molecule has 0 saturated heterocycles. The van der Waals surface area contributed by atoms with Gasteiger partial charge in [0.15, 0.2) is 5.89 Å². The third kappa shape index (κ3) is 2.67. The van der Waals surface area contributed by atoms with Gasteiger partial charge in [0.05, 0.1) is 16.5 Å². The van der Waals surface area contributed by atoms with Gasteiger partial charge in [0.2, 0.25) is 0 Å². The summed E-state index contributed by atoms with van der Waals surface area (Å²) in [5.74, 6) is 0.187. The van der Waals surface area contributed by atoms with Gasteiger partial charge in [-0.05, 0) is 30.3 Å². The molecular weight excluding hydrogens is 270 g/mol. The van der Waals surface area contributed by atoms with Crippen LogP contribution in [-0.2, 0) is 0 Å². The number of benzene rings is 2. The van der Waals surface area contributed by atoms with Gasteiger partial charge in [-0.1, -0.05) is 18.2 Å². The van der Waals surface area contributed by atoms with Gasteiger partial charge in [-0.25, -0.2) is 14.6 Å². The average molecular weight is 281 g/mol. The van der Waals surface area contributed by atoms with Gasteiger partial charge in [-0.3, -0.25) is 0 Å². The zero-order valence-electron chi connectivity index (χ0n) is 11.2. The van der Waals surface area contributed by atoms with E-state index < -0.39 is 11.6 Å². The van der Waals surface area contributed by atoms with Gasteiger partial charge in [0, 0.05) is 6.92 Å². The highest BCUT2D eigenvalue weighted by atomic mass is 16.5. The first-order valence-corrected chi connectivity index (χ1v) is 6.32. The molecule has 1 aromatic heterocycles. The first-order valence-electron chi connectivity index (χ1n) is 6.32. The van der Waals surface area contributed by atoms with Crippen LogP contribution in [0.4, 0.5) is 0 Å². The minimum Gasteiger partial charge on any atom is -0.423 e. The van der Waals surface area contributed by atoms with Crippen molar-refractivity contribution in [2.24, 2.45) is 0 Å². The van der Waals surface area contributed by atoms with Crippen LogP contribution in [0.15, 0.2) is 57.7 Å². The zero-order valence-corrected chi connectivity index (χ0v) is 11.2. The second-order valence-corrected chi connectivity index (χ2v) is 4.45. The van der Waals surface area contributed by atoms with Crippen molar-refractivity contribution in [2.45, 2.75) is 6.92 Å². The van der Waals surface area contributed by atoms with Crippen LogP contribution in [-0.4, -0.2) is 11.0 Å². The summed E-state index contributed by atoms with van der Waals surface area (Å²) in [4.78, 5) is 27.9. The van der Waals surface area contributed by atoms with Crippen LogP contribution in [0.25, 0.3) is 10.9 Å². The Kier molecular flexibility index (Phi) is 3.23. The van der Waals surface area contributed by atoms with Crippen LogP contribution in [0.1, 0.15) is 16.2 Å². The first-order chi connectivity index (χ1) is 10.1. The highest BCUT2D eigenvalue weighted by molar-refractivity contribution is 5.95. The number of carbonyl (C=O) groups is 1. The maximum Gasteiger partial charge on any atom is 0.346 e. The number of nitrogens with zero attached hydrogens (tertiary/aromatic N) is 1. The Morgan fingerprint density at radius 2 is 1.90 bits per heavy atom. The number of esters is 1. The molecule has 5 heteroatoms. The summed E-state index contributed by atoms with van der Waals surface area (Å²) in [5.41, 5.74) is 0.233. The van der Waals surface area contributed by atoms with E-state index in [9.17, 15) is 9.59 Å². The number of para-hydroxylation sites is 1. The number of aryl methyl sites for hydroxylation is 1. The van der Waals surface area contributed by atoms with E-state index in [-0.39, 0.29) is 16.8 Å². The van der Waals surface area contributed by atoms with Crippen molar-refractivity contribution in [3.63, 3.8) is 0 Å². The van der Waals surface area contributed by atoms with Crippen LogP contribution in [0.3, 0.4) is 0 Å². The number of ether oxygens (including phenoxy) is 1. The highest BCUT2D eigenvalue weighted by Crippen LogP contribution is 2.15. The van der Waals surface area contributed by atoms with Crippen LogP contribution in [0, 0.1) is 6.92 Å². The lowest BCUT2D eigenvalue weighted by Gasteiger charge is -2.04. The lowest BCUT2D eigenvalue weighted by molar-refractivity contribution is 0.0735. The van der Waals surface area contributed by atoms with Crippen molar-refractivity contribution >= 4 is 16.9 Å². The Balaban J connectivity index is 1.98. The predicted molar refractivity (Wildman–Crippen MR) is 76.4 cm³/mol. The molecule has 2 aromatic carbocycles. The van der Waals surface area contributed by atoms with Crippen molar-refractivity contribution in [1.82, 2.24) is 4.98 Å². The second kappa shape index (κ2) is 5.20. The fourth-order valence-corrected chi connectivity index (χ4v) is 1.96. The van der Waals surface area contributed by atoms with Gasteiger partial charge in [0.1, 0.15) is 5.75 Å². The summed E-state index contributed by atoms with van der Waals surface area (Å²) in [7, 11) is 0. The fraction of sp³-hybridized carbons (Fsp3) is 0.0625. The molecule has 0 amide bonds. The summed E-state index contributed by atoms with van der Waals surface area (Å²) in [5, 5.41) is 0.253. The van der Waals surface area contributed by atoms with Crippen LogP contribution >= 0.6 is 0 Å². The van der Waals surface area contributed by atoms with Gasteiger partial charge in [0.25, 0.3) is 0 Å². The molecule has 3 aromatic rings. The molecule has 3 rings (SSSR count). The summed E-state index contributed by atoms with van der Waals surface area (Å²) in [6.07, 6.45) is 0. The molecule has 0 unspecified atom stereocenters. The van der Waals surface area contributed by atoms with E-state index in [1.807, 2.05) is 6.07 Å². The molecule has 0 fully saturated rings. The summed E-state index contributed by atoms with van der Waals surface area (Å²) < 4.78 is 10.1. The number of rotatable bonds is 2. The van der Waals surface area contributed by atoms with Gasteiger partial charge < -0.3 is 9.15 Å². The van der Waals surface area contributed by atoms with Gasteiger partial charge in [-0.15, -0.1) is 0 Å². The fourth-order valence-electron chi connectivity index (χ4n) is 1.96. The number of fused-ring (bicyclic) bond motifs is 1. The maximum atomic E-state index is 12.1. The monoisotopic (exact) mass is 281 g/mol. The quantitative estimate of drug-likeness (QED) is 0.533. The Labute approximate surface area is 119 Å². The van der Waals surface area contributed by atoms with E-state index in [0.29, 0.717) is 11.3 Å². The van der Waals surface area contributed by atoms with E-state index in [1.54, 1.807) is 43.3 Å². The van der Waals surface area contributed by atoms with E-state index in [0.717, 1.165) is 0 Å². The molecule has 0 spiro atoms. The minimum atomic E-state index is -0.539. The summed E-state index contributed by atoms with van der Waals surface area (Å²) in [6.45, 7) is 1.60.